The SMILES string of the molecule is Cc1ccc(OCC2CCN(S(=O)(=O)c3ccc(C#N)cc3)CC2)nn1. The lowest BCUT2D eigenvalue weighted by molar-refractivity contribution is 0.180. The van der Waals surface area contributed by atoms with Crippen LogP contribution in [0.25, 0.3) is 0 Å². The normalized spacial score (nSPS) is 16.2. The Bertz CT molecular complexity index is 882. The van der Waals surface area contributed by atoms with E-state index in [4.69, 9.17) is 10.00 Å². The van der Waals surface area contributed by atoms with Gasteiger partial charge in [-0.3, -0.25) is 0 Å². The van der Waals surface area contributed by atoms with E-state index in [1.165, 1.54) is 28.6 Å². The standard InChI is InChI=1S/C18H20N4O3S/c1-14-2-7-18(21-20-14)25-13-16-8-10-22(11-9-16)26(23,24)17-5-3-15(12-19)4-6-17/h2-7,16H,8-11,13H2,1H3. The number of aryl methyl sites for hydroxylation is 1. The van der Waals surface area contributed by atoms with Crippen molar-refractivity contribution in [2.45, 2.75) is 24.7 Å². The van der Waals surface area contributed by atoms with Crippen LogP contribution in [-0.2, 0) is 10.0 Å². The van der Waals surface area contributed by atoms with E-state index in [9.17, 15) is 8.42 Å². The van der Waals surface area contributed by atoms with E-state index in [0.717, 1.165) is 18.5 Å². The van der Waals surface area contributed by atoms with Gasteiger partial charge in [0.2, 0.25) is 15.9 Å². The summed E-state index contributed by atoms with van der Waals surface area (Å²) in [4.78, 5) is 0.223. The van der Waals surface area contributed by atoms with Crippen LogP contribution in [0.15, 0.2) is 41.3 Å². The second-order valence-electron chi connectivity index (χ2n) is 6.31. The molecule has 1 aromatic carbocycles. The molecule has 0 atom stereocenters. The topological polar surface area (TPSA) is 96.2 Å². The number of nitrogens with zero attached hydrogens (tertiary/aromatic N) is 4. The van der Waals surface area contributed by atoms with E-state index < -0.39 is 10.0 Å². The van der Waals surface area contributed by atoms with Gasteiger partial charge in [-0.25, -0.2) is 8.42 Å². The third-order valence-corrected chi connectivity index (χ3v) is 6.35. The molecule has 1 aliphatic rings. The fraction of sp³-hybridized carbons (Fsp3) is 0.389. The molecule has 1 saturated heterocycles. The molecule has 7 nitrogen and oxygen atoms in total. The molecule has 1 fully saturated rings. The van der Waals surface area contributed by atoms with Crippen LogP contribution in [-0.4, -0.2) is 42.6 Å². The van der Waals surface area contributed by atoms with Crippen molar-refractivity contribution in [3.05, 3.63) is 47.7 Å². The Kier molecular flexibility index (Phi) is 5.49. The van der Waals surface area contributed by atoms with E-state index in [2.05, 4.69) is 10.2 Å². The van der Waals surface area contributed by atoms with Gasteiger partial charge < -0.3 is 4.74 Å². The van der Waals surface area contributed by atoms with Gasteiger partial charge in [-0.15, -0.1) is 5.10 Å². The van der Waals surface area contributed by atoms with Gasteiger partial charge >= 0.3 is 0 Å². The highest BCUT2D eigenvalue weighted by Crippen LogP contribution is 2.24. The number of rotatable bonds is 5. The smallest absolute Gasteiger partial charge is 0.243 e. The van der Waals surface area contributed by atoms with Crippen molar-refractivity contribution in [2.75, 3.05) is 19.7 Å². The summed E-state index contributed by atoms with van der Waals surface area (Å²) in [6.07, 6.45) is 1.46. The summed E-state index contributed by atoms with van der Waals surface area (Å²) >= 11 is 0. The number of benzene rings is 1. The van der Waals surface area contributed by atoms with Crippen LogP contribution in [0.5, 0.6) is 5.88 Å². The highest BCUT2D eigenvalue weighted by Gasteiger charge is 2.29. The first kappa shape index (κ1) is 18.3. The molecule has 0 saturated carbocycles. The fourth-order valence-corrected chi connectivity index (χ4v) is 4.30. The summed E-state index contributed by atoms with van der Waals surface area (Å²) in [5, 5.41) is 16.7. The fourth-order valence-electron chi connectivity index (χ4n) is 2.83. The monoisotopic (exact) mass is 372 g/mol. The Morgan fingerprint density at radius 1 is 1.15 bits per heavy atom. The number of aromatic nitrogens is 2. The lowest BCUT2D eigenvalue weighted by atomic mass is 9.99. The van der Waals surface area contributed by atoms with Gasteiger partial charge in [-0.1, -0.05) is 0 Å². The molecule has 0 radical (unpaired) electrons. The first-order valence-electron chi connectivity index (χ1n) is 8.42. The van der Waals surface area contributed by atoms with Gasteiger partial charge in [0, 0.05) is 19.2 Å². The largest absolute Gasteiger partial charge is 0.476 e. The maximum atomic E-state index is 12.7. The zero-order chi connectivity index (χ0) is 18.6. The Morgan fingerprint density at radius 3 is 2.42 bits per heavy atom. The predicted octanol–water partition coefficient (Wildman–Crippen LogP) is 2.14. The van der Waals surface area contributed by atoms with Crippen LogP contribution in [0.4, 0.5) is 0 Å². The van der Waals surface area contributed by atoms with E-state index >= 15 is 0 Å². The highest BCUT2D eigenvalue weighted by atomic mass is 32.2. The van der Waals surface area contributed by atoms with Gasteiger partial charge in [0.15, 0.2) is 0 Å². The zero-order valence-corrected chi connectivity index (χ0v) is 15.3. The van der Waals surface area contributed by atoms with Gasteiger partial charge in [0.25, 0.3) is 0 Å². The van der Waals surface area contributed by atoms with Crippen LogP contribution in [0.2, 0.25) is 0 Å². The zero-order valence-electron chi connectivity index (χ0n) is 14.5. The van der Waals surface area contributed by atoms with Crippen molar-refractivity contribution in [1.29, 1.82) is 5.26 Å². The second kappa shape index (κ2) is 7.81. The molecule has 0 amide bonds. The van der Waals surface area contributed by atoms with E-state index in [0.29, 0.717) is 31.1 Å². The van der Waals surface area contributed by atoms with Crippen LogP contribution < -0.4 is 4.74 Å². The van der Waals surface area contributed by atoms with Crippen molar-refractivity contribution in [2.24, 2.45) is 5.92 Å². The Hall–Kier alpha value is -2.50. The van der Waals surface area contributed by atoms with Crippen molar-refractivity contribution in [1.82, 2.24) is 14.5 Å². The van der Waals surface area contributed by atoms with Gasteiger partial charge in [0.1, 0.15) is 0 Å². The Labute approximate surface area is 153 Å². The number of nitriles is 1. The van der Waals surface area contributed by atoms with Crippen molar-refractivity contribution in [3.63, 3.8) is 0 Å². The minimum atomic E-state index is -3.52. The number of hydrogen-bond acceptors (Lipinski definition) is 6. The van der Waals surface area contributed by atoms with Crippen molar-refractivity contribution >= 4 is 10.0 Å². The molecular formula is C18H20N4O3S. The van der Waals surface area contributed by atoms with Crippen LogP contribution in [0.1, 0.15) is 24.1 Å². The molecule has 0 bridgehead atoms. The lowest BCUT2D eigenvalue weighted by Gasteiger charge is -2.31. The Balaban J connectivity index is 1.55. The summed E-state index contributed by atoms with van der Waals surface area (Å²) in [6, 6.07) is 11.6. The molecule has 1 aromatic heterocycles. The molecule has 3 rings (SSSR count). The summed E-state index contributed by atoms with van der Waals surface area (Å²) < 4.78 is 32.6. The molecule has 1 aliphatic heterocycles. The quantitative estimate of drug-likeness (QED) is 0.798. The second-order valence-corrected chi connectivity index (χ2v) is 8.25. The number of ether oxygens (including phenoxy) is 1. The summed E-state index contributed by atoms with van der Waals surface area (Å²) in [5.41, 5.74) is 1.28. The van der Waals surface area contributed by atoms with E-state index in [1.807, 2.05) is 19.1 Å². The minimum Gasteiger partial charge on any atom is -0.476 e. The van der Waals surface area contributed by atoms with Crippen LogP contribution in [0.3, 0.4) is 0 Å². The highest BCUT2D eigenvalue weighted by molar-refractivity contribution is 7.89. The molecule has 26 heavy (non-hydrogen) atoms. The first-order chi connectivity index (χ1) is 12.5. The van der Waals surface area contributed by atoms with Crippen molar-refractivity contribution in [3.8, 4) is 11.9 Å². The number of sulfonamides is 1. The summed E-state index contributed by atoms with van der Waals surface area (Å²) in [6.45, 7) is 3.27. The van der Waals surface area contributed by atoms with Gasteiger partial charge in [-0.05, 0) is 56.0 Å². The number of piperidine rings is 1. The average Bonchev–Trinajstić information content (AvgIpc) is 2.68. The molecule has 0 unspecified atom stereocenters. The van der Waals surface area contributed by atoms with Crippen LogP contribution in [0, 0.1) is 24.2 Å². The van der Waals surface area contributed by atoms with E-state index in [-0.39, 0.29) is 10.8 Å². The summed E-state index contributed by atoms with van der Waals surface area (Å²) in [5.74, 6) is 0.772. The molecule has 0 N–H and O–H groups in total. The molecule has 2 aromatic rings. The summed E-state index contributed by atoms with van der Waals surface area (Å²) in [7, 11) is -3.52. The molecule has 8 heteroatoms. The number of hydrogen-bond donors (Lipinski definition) is 0. The molecule has 2 heterocycles. The first-order valence-corrected chi connectivity index (χ1v) is 9.86. The molecule has 0 spiro atoms. The maximum absolute atomic E-state index is 12.7. The van der Waals surface area contributed by atoms with E-state index in [1.54, 1.807) is 6.07 Å². The third kappa shape index (κ3) is 4.18. The maximum Gasteiger partial charge on any atom is 0.243 e. The average molecular weight is 372 g/mol. The third-order valence-electron chi connectivity index (χ3n) is 4.44. The lowest BCUT2D eigenvalue weighted by Crippen LogP contribution is -2.39. The molecular weight excluding hydrogens is 352 g/mol. The van der Waals surface area contributed by atoms with Crippen molar-refractivity contribution < 1.29 is 13.2 Å². The molecule has 136 valence electrons. The van der Waals surface area contributed by atoms with Crippen LogP contribution >= 0.6 is 0 Å². The molecule has 0 aliphatic carbocycles. The van der Waals surface area contributed by atoms with Gasteiger partial charge in [-0.2, -0.15) is 14.7 Å². The predicted molar refractivity (Wildman–Crippen MR) is 94.9 cm³/mol. The minimum absolute atomic E-state index is 0.223. The Morgan fingerprint density at radius 2 is 1.85 bits per heavy atom. The van der Waals surface area contributed by atoms with Gasteiger partial charge in [0.05, 0.1) is 28.8 Å².